The predicted molar refractivity (Wildman–Crippen MR) is 82.9 cm³/mol. The molecule has 0 radical (unpaired) electrons. The van der Waals surface area contributed by atoms with Crippen LogP contribution in [-0.4, -0.2) is 26.4 Å². The maximum Gasteiger partial charge on any atom is 0.234 e. The molecule has 0 spiro atoms. The quantitative estimate of drug-likeness (QED) is 0.789. The maximum atomic E-state index is 4.79. The van der Waals surface area contributed by atoms with Crippen LogP contribution in [0.25, 0.3) is 15.5 Å². The molecule has 1 N–H and O–H groups in total. The number of hydrogen-bond donors (Lipinski definition) is 1. The molecule has 2 aliphatic rings. The summed E-state index contributed by atoms with van der Waals surface area (Å²) >= 11 is 1.64. The van der Waals surface area contributed by atoms with E-state index in [-0.39, 0.29) is 0 Å². The fourth-order valence-electron chi connectivity index (χ4n) is 3.05. The Kier molecular flexibility index (Phi) is 2.38. The highest BCUT2D eigenvalue weighted by molar-refractivity contribution is 7.19. The lowest BCUT2D eigenvalue weighted by Crippen LogP contribution is -2.12. The molecule has 0 unspecified atom stereocenters. The number of rotatable bonds is 2. The van der Waals surface area contributed by atoms with Gasteiger partial charge < -0.3 is 5.32 Å². The fraction of sp³-hybridized carbons (Fsp3) is 0.400. The first kappa shape index (κ1) is 11.7. The van der Waals surface area contributed by atoms with Crippen LogP contribution in [0.4, 0.5) is 5.69 Å². The molecule has 1 aromatic carbocycles. The van der Waals surface area contributed by atoms with Crippen molar-refractivity contribution in [1.29, 1.82) is 0 Å². The van der Waals surface area contributed by atoms with Gasteiger partial charge in [-0.15, -0.1) is 10.2 Å². The van der Waals surface area contributed by atoms with E-state index < -0.39 is 0 Å². The third-order valence-corrected chi connectivity index (χ3v) is 5.21. The molecule has 0 saturated heterocycles. The van der Waals surface area contributed by atoms with E-state index in [4.69, 9.17) is 5.10 Å². The number of anilines is 1. The van der Waals surface area contributed by atoms with E-state index in [1.165, 1.54) is 36.1 Å². The van der Waals surface area contributed by atoms with Crippen LogP contribution in [0, 0.1) is 0 Å². The Morgan fingerprint density at radius 2 is 2.19 bits per heavy atom. The van der Waals surface area contributed by atoms with Crippen molar-refractivity contribution < 1.29 is 0 Å². The SMILES string of the molecule is c1cc2c(c(-c3nn4c(C5CC5)nnc4s3)c1)CCCN2. The standard InChI is InChI=1S/C15H15N5S/c1-3-11(10-4-2-8-16-12(10)5-1)14-19-20-13(9-6-7-9)17-18-15(20)21-14/h1,3,5,9,16H,2,4,6-8H2. The lowest BCUT2D eigenvalue weighted by atomic mass is 9.98. The van der Waals surface area contributed by atoms with Crippen LogP contribution in [0.1, 0.15) is 36.6 Å². The molecule has 2 aromatic heterocycles. The molecule has 1 fully saturated rings. The minimum atomic E-state index is 0.571. The first-order valence-electron chi connectivity index (χ1n) is 7.48. The van der Waals surface area contributed by atoms with E-state index in [1.807, 2.05) is 4.52 Å². The maximum absolute atomic E-state index is 4.79. The third kappa shape index (κ3) is 1.78. The van der Waals surface area contributed by atoms with Crippen LogP contribution < -0.4 is 5.32 Å². The second-order valence-electron chi connectivity index (χ2n) is 5.80. The van der Waals surface area contributed by atoms with Gasteiger partial charge in [0.1, 0.15) is 5.01 Å². The number of hydrogen-bond acceptors (Lipinski definition) is 5. The summed E-state index contributed by atoms with van der Waals surface area (Å²) in [5.74, 6) is 1.61. The normalized spacial score (nSPS) is 17.7. The van der Waals surface area contributed by atoms with Crippen molar-refractivity contribution in [2.45, 2.75) is 31.6 Å². The first-order valence-corrected chi connectivity index (χ1v) is 8.30. The van der Waals surface area contributed by atoms with Crippen LogP contribution in [0.3, 0.4) is 0 Å². The van der Waals surface area contributed by atoms with Gasteiger partial charge in [0.15, 0.2) is 5.82 Å². The second kappa shape index (κ2) is 4.27. The Morgan fingerprint density at radius 3 is 3.10 bits per heavy atom. The van der Waals surface area contributed by atoms with Crippen molar-refractivity contribution >= 4 is 22.0 Å². The molecule has 106 valence electrons. The van der Waals surface area contributed by atoms with Gasteiger partial charge in [0.25, 0.3) is 0 Å². The highest BCUT2D eigenvalue weighted by Gasteiger charge is 2.30. The molecular formula is C15H15N5S. The van der Waals surface area contributed by atoms with Gasteiger partial charge in [-0.2, -0.15) is 9.61 Å². The topological polar surface area (TPSA) is 55.1 Å². The molecule has 6 heteroatoms. The van der Waals surface area contributed by atoms with E-state index in [2.05, 4.69) is 33.7 Å². The van der Waals surface area contributed by atoms with Crippen LogP contribution in [0.5, 0.6) is 0 Å². The number of nitrogens with zero attached hydrogens (tertiary/aromatic N) is 4. The summed E-state index contributed by atoms with van der Waals surface area (Å²) in [6.07, 6.45) is 4.74. The summed E-state index contributed by atoms with van der Waals surface area (Å²) in [6.45, 7) is 1.06. The molecule has 0 bridgehead atoms. The van der Waals surface area contributed by atoms with Gasteiger partial charge in [-0.1, -0.05) is 23.5 Å². The van der Waals surface area contributed by atoms with E-state index in [0.29, 0.717) is 5.92 Å². The van der Waals surface area contributed by atoms with Gasteiger partial charge in [0, 0.05) is 23.7 Å². The van der Waals surface area contributed by atoms with Crippen molar-refractivity contribution in [3.05, 3.63) is 29.6 Å². The Bertz CT molecular complexity index is 830. The zero-order valence-electron chi connectivity index (χ0n) is 11.5. The van der Waals surface area contributed by atoms with Crippen LogP contribution >= 0.6 is 11.3 Å². The van der Waals surface area contributed by atoms with Crippen LogP contribution in [0.15, 0.2) is 18.2 Å². The molecule has 1 saturated carbocycles. The van der Waals surface area contributed by atoms with Crippen LogP contribution in [-0.2, 0) is 6.42 Å². The molecule has 0 amide bonds. The van der Waals surface area contributed by atoms with Gasteiger partial charge in [0.2, 0.25) is 4.96 Å². The highest BCUT2D eigenvalue weighted by atomic mass is 32.1. The highest BCUT2D eigenvalue weighted by Crippen LogP contribution is 2.40. The van der Waals surface area contributed by atoms with Crippen molar-refractivity contribution in [3.8, 4) is 10.6 Å². The molecule has 5 rings (SSSR count). The molecule has 5 nitrogen and oxygen atoms in total. The monoisotopic (exact) mass is 297 g/mol. The zero-order valence-corrected chi connectivity index (χ0v) is 12.4. The Balaban J connectivity index is 1.67. The number of benzene rings is 1. The number of nitrogens with one attached hydrogen (secondary N) is 1. The predicted octanol–water partition coefficient (Wildman–Crippen LogP) is 3.09. The van der Waals surface area contributed by atoms with Crippen molar-refractivity contribution in [3.63, 3.8) is 0 Å². The van der Waals surface area contributed by atoms with E-state index in [0.717, 1.165) is 28.8 Å². The van der Waals surface area contributed by atoms with Gasteiger partial charge in [0.05, 0.1) is 0 Å². The Labute approximate surface area is 126 Å². The van der Waals surface area contributed by atoms with E-state index in [9.17, 15) is 0 Å². The van der Waals surface area contributed by atoms with Crippen molar-refractivity contribution in [2.24, 2.45) is 0 Å². The molecule has 0 atom stereocenters. The van der Waals surface area contributed by atoms with Gasteiger partial charge in [-0.3, -0.25) is 0 Å². The first-order chi connectivity index (χ1) is 10.4. The summed E-state index contributed by atoms with van der Waals surface area (Å²) in [5.41, 5.74) is 3.89. The van der Waals surface area contributed by atoms with Gasteiger partial charge in [-0.25, -0.2) is 0 Å². The van der Waals surface area contributed by atoms with Crippen molar-refractivity contribution in [1.82, 2.24) is 19.8 Å². The van der Waals surface area contributed by atoms with Crippen molar-refractivity contribution in [2.75, 3.05) is 11.9 Å². The summed E-state index contributed by atoms with van der Waals surface area (Å²) in [4.78, 5) is 0.910. The van der Waals surface area contributed by atoms with Crippen LogP contribution in [0.2, 0.25) is 0 Å². The number of fused-ring (bicyclic) bond motifs is 2. The third-order valence-electron chi connectivity index (χ3n) is 4.28. The minimum Gasteiger partial charge on any atom is -0.385 e. The molecule has 1 aliphatic heterocycles. The Morgan fingerprint density at radius 1 is 1.24 bits per heavy atom. The van der Waals surface area contributed by atoms with Gasteiger partial charge >= 0.3 is 0 Å². The molecule has 3 aromatic rings. The molecule has 1 aliphatic carbocycles. The fourth-order valence-corrected chi connectivity index (χ4v) is 3.95. The largest absolute Gasteiger partial charge is 0.385 e. The Hall–Kier alpha value is -1.95. The summed E-state index contributed by atoms with van der Waals surface area (Å²) in [7, 11) is 0. The lowest BCUT2D eigenvalue weighted by molar-refractivity contribution is 0.820. The van der Waals surface area contributed by atoms with Gasteiger partial charge in [-0.05, 0) is 37.3 Å². The summed E-state index contributed by atoms with van der Waals surface area (Å²) < 4.78 is 1.95. The van der Waals surface area contributed by atoms with E-state index >= 15 is 0 Å². The second-order valence-corrected chi connectivity index (χ2v) is 6.75. The summed E-state index contributed by atoms with van der Waals surface area (Å²) in [6, 6.07) is 6.44. The zero-order chi connectivity index (χ0) is 13.8. The number of aromatic nitrogens is 4. The smallest absolute Gasteiger partial charge is 0.234 e. The molecule has 3 heterocycles. The average Bonchev–Trinajstić information content (AvgIpc) is 3.15. The average molecular weight is 297 g/mol. The molecule has 21 heavy (non-hydrogen) atoms. The lowest BCUT2D eigenvalue weighted by Gasteiger charge is -2.19. The van der Waals surface area contributed by atoms with E-state index in [1.54, 1.807) is 11.3 Å². The summed E-state index contributed by atoms with van der Waals surface area (Å²) in [5, 5.41) is 17.9. The minimum absolute atomic E-state index is 0.571. The molecular weight excluding hydrogens is 282 g/mol.